The van der Waals surface area contributed by atoms with Crippen LogP contribution in [0.25, 0.3) is 27.7 Å². The van der Waals surface area contributed by atoms with E-state index >= 15 is 0 Å². The zero-order chi connectivity index (χ0) is 20.0. The Morgan fingerprint density at radius 1 is 1.21 bits per heavy atom. The second-order valence-electron chi connectivity index (χ2n) is 7.70. The van der Waals surface area contributed by atoms with Crippen LogP contribution in [0.4, 0.5) is 0 Å². The van der Waals surface area contributed by atoms with Gasteiger partial charge in [0, 0.05) is 42.9 Å². The van der Waals surface area contributed by atoms with E-state index in [1.54, 1.807) is 6.20 Å². The van der Waals surface area contributed by atoms with Crippen LogP contribution < -0.4 is 10.1 Å². The number of fused-ring (bicyclic) bond motifs is 2. The lowest BCUT2D eigenvalue weighted by Crippen LogP contribution is -2.25. The van der Waals surface area contributed by atoms with Crippen LogP contribution in [0.5, 0.6) is 5.75 Å². The summed E-state index contributed by atoms with van der Waals surface area (Å²) in [5.41, 5.74) is 4.90. The molecule has 1 unspecified atom stereocenters. The number of carbonyl (C=O) groups excluding carboxylic acids is 1. The molecule has 3 aromatic heterocycles. The normalized spacial score (nSPS) is 17.6. The molecule has 0 radical (unpaired) electrons. The highest BCUT2D eigenvalue weighted by Gasteiger charge is 2.28. The van der Waals surface area contributed by atoms with Gasteiger partial charge in [0.25, 0.3) is 0 Å². The number of amides is 1. The van der Waals surface area contributed by atoms with Gasteiger partial charge in [-0.05, 0) is 61.4 Å². The summed E-state index contributed by atoms with van der Waals surface area (Å²) in [5, 5.41) is 3.86. The second-order valence-corrected chi connectivity index (χ2v) is 7.70. The Morgan fingerprint density at radius 3 is 2.93 bits per heavy atom. The summed E-state index contributed by atoms with van der Waals surface area (Å²) in [5.74, 6) is 1.05. The molecule has 2 atom stereocenters. The molecule has 0 aliphatic carbocycles. The average molecular weight is 386 g/mol. The van der Waals surface area contributed by atoms with Crippen molar-refractivity contribution in [2.75, 3.05) is 6.54 Å². The zero-order valence-electron chi connectivity index (χ0n) is 16.4. The molecule has 29 heavy (non-hydrogen) atoms. The predicted molar refractivity (Wildman–Crippen MR) is 112 cm³/mol. The van der Waals surface area contributed by atoms with Crippen LogP contribution in [-0.2, 0) is 4.79 Å². The molecule has 1 aliphatic rings. The molecule has 0 bridgehead atoms. The van der Waals surface area contributed by atoms with Crippen LogP contribution in [0.15, 0.2) is 55.0 Å². The Morgan fingerprint density at radius 2 is 2.10 bits per heavy atom. The first kappa shape index (κ1) is 17.7. The zero-order valence-corrected chi connectivity index (χ0v) is 16.4. The standard InChI is InChI=1S/C23H22N4O2/c1-14-12-27-13-16(5-6-22(27)26-14)17-8-20-19(4-3-7-24-20)21(9-17)29-15(2)18-10-23(28)25-11-18/h3-9,12-13,15,18H,10-11H2,1-2H3,(H,25,28)/t15-,18?/m1/s1. The minimum absolute atomic E-state index is 0.0774. The molecule has 1 saturated heterocycles. The van der Waals surface area contributed by atoms with E-state index in [2.05, 4.69) is 39.7 Å². The number of aryl methyl sites for hydroxylation is 1. The Kier molecular flexibility index (Phi) is 4.19. The number of pyridine rings is 2. The molecule has 1 fully saturated rings. The fraction of sp³-hybridized carbons (Fsp3) is 0.261. The third-order valence-corrected chi connectivity index (χ3v) is 5.57. The second kappa shape index (κ2) is 6.88. The van der Waals surface area contributed by atoms with E-state index in [-0.39, 0.29) is 17.9 Å². The van der Waals surface area contributed by atoms with E-state index in [1.165, 1.54) is 0 Å². The lowest BCUT2D eigenvalue weighted by atomic mass is 10.0. The highest BCUT2D eigenvalue weighted by Crippen LogP contribution is 2.33. The van der Waals surface area contributed by atoms with Gasteiger partial charge in [-0.1, -0.05) is 0 Å². The van der Waals surface area contributed by atoms with Crippen molar-refractivity contribution in [2.45, 2.75) is 26.4 Å². The third kappa shape index (κ3) is 3.31. The Labute approximate surface area is 168 Å². The number of aromatic nitrogens is 3. The molecule has 0 saturated carbocycles. The summed E-state index contributed by atoms with van der Waals surface area (Å²) in [6.45, 7) is 4.68. The topological polar surface area (TPSA) is 68.5 Å². The van der Waals surface area contributed by atoms with E-state index in [0.717, 1.165) is 39.1 Å². The van der Waals surface area contributed by atoms with Crippen molar-refractivity contribution in [3.8, 4) is 16.9 Å². The highest BCUT2D eigenvalue weighted by atomic mass is 16.5. The molecule has 4 aromatic rings. The van der Waals surface area contributed by atoms with Crippen LogP contribution in [0.2, 0.25) is 0 Å². The molecule has 5 rings (SSSR count). The molecular weight excluding hydrogens is 364 g/mol. The number of carbonyl (C=O) groups is 1. The Bertz CT molecular complexity index is 1230. The quantitative estimate of drug-likeness (QED) is 0.580. The number of benzene rings is 1. The smallest absolute Gasteiger partial charge is 0.220 e. The summed E-state index contributed by atoms with van der Waals surface area (Å²) in [6, 6.07) is 12.2. The number of rotatable bonds is 4. The molecule has 146 valence electrons. The lowest BCUT2D eigenvalue weighted by molar-refractivity contribution is -0.119. The fourth-order valence-corrected chi connectivity index (χ4v) is 3.96. The number of nitrogens with one attached hydrogen (secondary N) is 1. The van der Waals surface area contributed by atoms with Gasteiger partial charge in [0.05, 0.1) is 11.2 Å². The van der Waals surface area contributed by atoms with E-state index in [1.807, 2.05) is 42.6 Å². The molecular formula is C23H22N4O2. The predicted octanol–water partition coefficient (Wildman–Crippen LogP) is 3.76. The molecule has 4 heterocycles. The van der Waals surface area contributed by atoms with E-state index in [9.17, 15) is 4.79 Å². The van der Waals surface area contributed by atoms with Gasteiger partial charge in [-0.15, -0.1) is 0 Å². The average Bonchev–Trinajstić information content (AvgIpc) is 3.31. The minimum atomic E-state index is -0.0774. The number of ether oxygens (including phenoxy) is 1. The highest BCUT2D eigenvalue weighted by molar-refractivity contribution is 5.90. The molecule has 1 aliphatic heterocycles. The summed E-state index contributed by atoms with van der Waals surface area (Å²) < 4.78 is 8.40. The summed E-state index contributed by atoms with van der Waals surface area (Å²) in [4.78, 5) is 20.6. The van der Waals surface area contributed by atoms with Crippen LogP contribution in [-0.4, -0.2) is 32.9 Å². The van der Waals surface area contributed by atoms with Gasteiger partial charge in [0.1, 0.15) is 17.5 Å². The van der Waals surface area contributed by atoms with Crippen molar-refractivity contribution < 1.29 is 9.53 Å². The Hall–Kier alpha value is -3.41. The molecule has 1 amide bonds. The van der Waals surface area contributed by atoms with E-state index in [0.29, 0.717) is 13.0 Å². The largest absolute Gasteiger partial charge is 0.490 e. The van der Waals surface area contributed by atoms with Crippen molar-refractivity contribution in [2.24, 2.45) is 5.92 Å². The van der Waals surface area contributed by atoms with Gasteiger partial charge < -0.3 is 14.5 Å². The van der Waals surface area contributed by atoms with Crippen molar-refractivity contribution in [1.29, 1.82) is 0 Å². The summed E-state index contributed by atoms with van der Waals surface area (Å²) in [6.07, 6.45) is 6.31. The van der Waals surface area contributed by atoms with E-state index in [4.69, 9.17) is 4.74 Å². The maximum atomic E-state index is 11.6. The molecule has 1 N–H and O–H groups in total. The van der Waals surface area contributed by atoms with Crippen molar-refractivity contribution >= 4 is 22.5 Å². The first-order valence-corrected chi connectivity index (χ1v) is 9.85. The van der Waals surface area contributed by atoms with Crippen molar-refractivity contribution in [3.05, 3.63) is 60.7 Å². The number of nitrogens with zero attached hydrogens (tertiary/aromatic N) is 3. The Balaban J connectivity index is 1.56. The third-order valence-electron chi connectivity index (χ3n) is 5.57. The lowest BCUT2D eigenvalue weighted by Gasteiger charge is -2.21. The van der Waals surface area contributed by atoms with Crippen molar-refractivity contribution in [1.82, 2.24) is 19.7 Å². The summed E-state index contributed by atoms with van der Waals surface area (Å²) in [7, 11) is 0. The number of hydrogen-bond donors (Lipinski definition) is 1. The van der Waals surface area contributed by atoms with Crippen LogP contribution in [0.1, 0.15) is 19.0 Å². The van der Waals surface area contributed by atoms with Crippen LogP contribution in [0, 0.1) is 12.8 Å². The van der Waals surface area contributed by atoms with Gasteiger partial charge in [0.2, 0.25) is 5.91 Å². The SMILES string of the molecule is Cc1cn2cc(-c3cc(O[C@H](C)C4CNC(=O)C4)c4cccnc4c3)ccc2n1. The first-order chi connectivity index (χ1) is 14.1. The van der Waals surface area contributed by atoms with Crippen LogP contribution in [0.3, 0.4) is 0 Å². The first-order valence-electron chi connectivity index (χ1n) is 9.85. The van der Waals surface area contributed by atoms with Gasteiger partial charge in [0.15, 0.2) is 0 Å². The molecule has 0 spiro atoms. The number of imidazole rings is 1. The van der Waals surface area contributed by atoms with E-state index < -0.39 is 0 Å². The van der Waals surface area contributed by atoms with Gasteiger partial charge in [-0.25, -0.2) is 4.98 Å². The van der Waals surface area contributed by atoms with Gasteiger partial charge in [-0.3, -0.25) is 9.78 Å². The molecule has 6 heteroatoms. The van der Waals surface area contributed by atoms with Crippen LogP contribution >= 0.6 is 0 Å². The minimum Gasteiger partial charge on any atom is -0.490 e. The van der Waals surface area contributed by atoms with Crippen molar-refractivity contribution in [3.63, 3.8) is 0 Å². The maximum absolute atomic E-state index is 11.6. The maximum Gasteiger partial charge on any atom is 0.220 e. The molecule has 1 aromatic carbocycles. The fourth-order valence-electron chi connectivity index (χ4n) is 3.96. The summed E-state index contributed by atoms with van der Waals surface area (Å²) >= 11 is 0. The monoisotopic (exact) mass is 386 g/mol. The number of hydrogen-bond acceptors (Lipinski definition) is 4. The van der Waals surface area contributed by atoms with Gasteiger partial charge >= 0.3 is 0 Å². The van der Waals surface area contributed by atoms with Gasteiger partial charge in [-0.2, -0.15) is 0 Å². The molecule has 6 nitrogen and oxygen atoms in total.